The van der Waals surface area contributed by atoms with E-state index in [1.807, 2.05) is 53.4 Å². The standard InChI is InChI=1S/C30H39N5O3/c1-30(38-2,24-14-10-12-22-11-4-5-13-23(22)24)29(37)31-27-21-25(32-33-27)26-15-6-9-19-35(26)28(36)16-20-34-17-7-3-8-18-34/h4-5,10-14,21,26H,3,6-9,15-20H2,1-2H3,(H2,31,32,33,37)/t26?,30-/m0/s1. The summed E-state index contributed by atoms with van der Waals surface area (Å²) in [6.07, 6.45) is 7.26. The van der Waals surface area contributed by atoms with Gasteiger partial charge in [0.2, 0.25) is 5.91 Å². The number of benzene rings is 2. The van der Waals surface area contributed by atoms with Crippen molar-refractivity contribution in [3.05, 3.63) is 59.8 Å². The number of aromatic nitrogens is 2. The zero-order valence-corrected chi connectivity index (χ0v) is 22.5. The van der Waals surface area contributed by atoms with Crippen molar-refractivity contribution in [2.24, 2.45) is 0 Å². The lowest BCUT2D eigenvalue weighted by atomic mass is 9.90. The van der Waals surface area contributed by atoms with Gasteiger partial charge in [-0.1, -0.05) is 48.9 Å². The first-order chi connectivity index (χ1) is 18.5. The third-order valence-corrected chi connectivity index (χ3v) is 8.26. The van der Waals surface area contributed by atoms with Gasteiger partial charge in [-0.15, -0.1) is 0 Å². The van der Waals surface area contributed by atoms with Gasteiger partial charge in [0.25, 0.3) is 5.91 Å². The molecule has 0 radical (unpaired) electrons. The average Bonchev–Trinajstić information content (AvgIpc) is 3.44. The van der Waals surface area contributed by atoms with Crippen LogP contribution >= 0.6 is 0 Å². The van der Waals surface area contributed by atoms with E-state index in [4.69, 9.17) is 4.74 Å². The van der Waals surface area contributed by atoms with Gasteiger partial charge in [0.15, 0.2) is 11.4 Å². The second-order valence-electron chi connectivity index (χ2n) is 10.7. The molecule has 3 aromatic rings. The summed E-state index contributed by atoms with van der Waals surface area (Å²) in [6, 6.07) is 15.7. The number of ether oxygens (including phenoxy) is 1. The molecule has 2 N–H and O–H groups in total. The number of carbonyl (C=O) groups excluding carboxylic acids is 2. The average molecular weight is 518 g/mol. The van der Waals surface area contributed by atoms with Crippen molar-refractivity contribution in [3.63, 3.8) is 0 Å². The minimum Gasteiger partial charge on any atom is -0.364 e. The zero-order valence-electron chi connectivity index (χ0n) is 22.5. The summed E-state index contributed by atoms with van der Waals surface area (Å²) >= 11 is 0. The van der Waals surface area contributed by atoms with Crippen molar-refractivity contribution in [2.75, 3.05) is 38.6 Å². The lowest BCUT2D eigenvalue weighted by Gasteiger charge is -2.36. The predicted octanol–water partition coefficient (Wildman–Crippen LogP) is 4.99. The van der Waals surface area contributed by atoms with Gasteiger partial charge in [-0.05, 0) is 62.9 Å². The molecule has 3 heterocycles. The number of H-pyrrole nitrogens is 1. The molecule has 8 heteroatoms. The number of hydrogen-bond donors (Lipinski definition) is 2. The topological polar surface area (TPSA) is 90.6 Å². The Bertz CT molecular complexity index is 1260. The third kappa shape index (κ3) is 5.47. The number of carbonyl (C=O) groups is 2. The van der Waals surface area contributed by atoms with Crippen LogP contribution in [-0.4, -0.2) is 65.1 Å². The Balaban J connectivity index is 1.29. The second-order valence-corrected chi connectivity index (χ2v) is 10.7. The van der Waals surface area contributed by atoms with Gasteiger partial charge in [0, 0.05) is 38.2 Å². The molecule has 202 valence electrons. The van der Waals surface area contributed by atoms with E-state index in [1.54, 1.807) is 14.0 Å². The molecule has 1 aromatic heterocycles. The first kappa shape index (κ1) is 26.4. The molecule has 5 rings (SSSR count). The highest BCUT2D eigenvalue weighted by Gasteiger charge is 2.37. The van der Waals surface area contributed by atoms with Crippen LogP contribution in [0.5, 0.6) is 0 Å². The van der Waals surface area contributed by atoms with Crippen molar-refractivity contribution < 1.29 is 14.3 Å². The number of amides is 2. The van der Waals surface area contributed by atoms with Crippen LogP contribution in [0.2, 0.25) is 0 Å². The summed E-state index contributed by atoms with van der Waals surface area (Å²) < 4.78 is 5.81. The molecule has 2 saturated heterocycles. The Kier molecular flexibility index (Phi) is 8.09. The minimum atomic E-state index is -1.21. The molecule has 2 aliphatic rings. The van der Waals surface area contributed by atoms with E-state index in [0.717, 1.165) is 67.5 Å². The Morgan fingerprint density at radius 1 is 1.05 bits per heavy atom. The summed E-state index contributed by atoms with van der Waals surface area (Å²) in [7, 11) is 1.55. The Labute approximate surface area is 224 Å². The molecule has 2 aromatic carbocycles. The van der Waals surface area contributed by atoms with E-state index in [1.165, 1.54) is 19.3 Å². The predicted molar refractivity (Wildman–Crippen MR) is 149 cm³/mol. The first-order valence-electron chi connectivity index (χ1n) is 13.9. The minimum absolute atomic E-state index is 0.0531. The van der Waals surface area contributed by atoms with Crippen molar-refractivity contribution in [1.29, 1.82) is 0 Å². The van der Waals surface area contributed by atoms with Crippen LogP contribution in [0.15, 0.2) is 48.5 Å². The van der Waals surface area contributed by atoms with Crippen LogP contribution < -0.4 is 5.32 Å². The maximum atomic E-state index is 13.5. The van der Waals surface area contributed by atoms with Crippen molar-refractivity contribution in [1.82, 2.24) is 20.0 Å². The van der Waals surface area contributed by atoms with Crippen LogP contribution in [0.1, 0.15) is 69.2 Å². The molecular formula is C30H39N5O3. The van der Waals surface area contributed by atoms with Crippen LogP contribution in [0, 0.1) is 0 Å². The second kappa shape index (κ2) is 11.7. The van der Waals surface area contributed by atoms with Crippen LogP contribution in [-0.2, 0) is 19.9 Å². The monoisotopic (exact) mass is 517 g/mol. The van der Waals surface area contributed by atoms with Gasteiger partial charge in [0.1, 0.15) is 0 Å². The van der Waals surface area contributed by atoms with Crippen LogP contribution in [0.3, 0.4) is 0 Å². The fraction of sp³-hybridized carbons (Fsp3) is 0.500. The lowest BCUT2D eigenvalue weighted by Crippen LogP contribution is -2.41. The Morgan fingerprint density at radius 3 is 2.63 bits per heavy atom. The molecule has 2 atom stereocenters. The number of anilines is 1. The molecule has 0 bridgehead atoms. The number of aromatic amines is 1. The summed E-state index contributed by atoms with van der Waals surface area (Å²) in [5.41, 5.74) is 0.445. The third-order valence-electron chi connectivity index (χ3n) is 8.26. The molecule has 38 heavy (non-hydrogen) atoms. The highest BCUT2D eigenvalue weighted by molar-refractivity contribution is 6.00. The molecule has 0 aliphatic carbocycles. The zero-order chi connectivity index (χ0) is 26.5. The molecule has 2 fully saturated rings. The van der Waals surface area contributed by atoms with Gasteiger partial charge >= 0.3 is 0 Å². The van der Waals surface area contributed by atoms with Gasteiger partial charge in [-0.25, -0.2) is 0 Å². The molecule has 0 saturated carbocycles. The molecule has 8 nitrogen and oxygen atoms in total. The van der Waals surface area contributed by atoms with Crippen molar-refractivity contribution >= 4 is 28.4 Å². The molecule has 2 aliphatic heterocycles. The number of piperidine rings is 2. The van der Waals surface area contributed by atoms with E-state index in [9.17, 15) is 9.59 Å². The number of fused-ring (bicyclic) bond motifs is 1. The molecule has 0 spiro atoms. The summed E-state index contributed by atoms with van der Waals surface area (Å²) in [4.78, 5) is 31.2. The number of likely N-dealkylation sites (tertiary alicyclic amines) is 2. The summed E-state index contributed by atoms with van der Waals surface area (Å²) in [5.74, 6) is 0.329. The highest BCUT2D eigenvalue weighted by atomic mass is 16.5. The van der Waals surface area contributed by atoms with E-state index in [-0.39, 0.29) is 17.9 Å². The van der Waals surface area contributed by atoms with Gasteiger partial charge < -0.3 is 19.9 Å². The maximum absolute atomic E-state index is 13.5. The number of nitrogens with zero attached hydrogens (tertiary/aromatic N) is 3. The normalized spacial score (nSPS) is 20.3. The number of rotatable bonds is 8. The largest absolute Gasteiger partial charge is 0.364 e. The maximum Gasteiger partial charge on any atom is 0.262 e. The smallest absolute Gasteiger partial charge is 0.262 e. The first-order valence-corrected chi connectivity index (χ1v) is 13.9. The molecule has 1 unspecified atom stereocenters. The summed E-state index contributed by atoms with van der Waals surface area (Å²) in [5, 5.41) is 12.5. The van der Waals surface area contributed by atoms with Crippen LogP contribution in [0.25, 0.3) is 10.8 Å². The van der Waals surface area contributed by atoms with Gasteiger partial charge in [-0.3, -0.25) is 14.7 Å². The lowest BCUT2D eigenvalue weighted by molar-refractivity contribution is -0.137. The van der Waals surface area contributed by atoms with Gasteiger partial charge in [0.05, 0.1) is 11.7 Å². The van der Waals surface area contributed by atoms with Crippen LogP contribution in [0.4, 0.5) is 5.82 Å². The fourth-order valence-corrected chi connectivity index (χ4v) is 5.91. The Morgan fingerprint density at radius 2 is 1.82 bits per heavy atom. The number of methoxy groups -OCH3 is 1. The molecule has 2 amide bonds. The van der Waals surface area contributed by atoms with E-state index >= 15 is 0 Å². The van der Waals surface area contributed by atoms with Crippen molar-refractivity contribution in [3.8, 4) is 0 Å². The van der Waals surface area contributed by atoms with E-state index in [0.29, 0.717) is 12.2 Å². The fourth-order valence-electron chi connectivity index (χ4n) is 5.91. The number of hydrogen-bond acceptors (Lipinski definition) is 5. The van der Waals surface area contributed by atoms with Crippen molar-refractivity contribution in [2.45, 2.75) is 63.5 Å². The molecular weight excluding hydrogens is 478 g/mol. The van der Waals surface area contributed by atoms with E-state index < -0.39 is 5.60 Å². The Hall–Kier alpha value is -3.23. The number of nitrogens with one attached hydrogen (secondary N) is 2. The van der Waals surface area contributed by atoms with Gasteiger partial charge in [-0.2, -0.15) is 5.10 Å². The van der Waals surface area contributed by atoms with E-state index in [2.05, 4.69) is 20.4 Å². The SMILES string of the molecule is CO[C@](C)(C(=O)Nc1cc(C2CCCCN2C(=O)CCN2CCCCC2)[nH]n1)c1cccc2ccccc12. The summed E-state index contributed by atoms with van der Waals surface area (Å²) in [6.45, 7) is 5.56. The highest BCUT2D eigenvalue weighted by Crippen LogP contribution is 2.34. The quantitative estimate of drug-likeness (QED) is 0.439.